The minimum Gasteiger partial charge on any atom is -0.399 e. The molecule has 0 spiro atoms. The number of ether oxygens (including phenoxy) is 1. The minimum absolute atomic E-state index is 0.0120. The van der Waals surface area contributed by atoms with Crippen LogP contribution in [0.4, 0.5) is 5.69 Å². The van der Waals surface area contributed by atoms with Crippen LogP contribution in [0.15, 0.2) is 24.3 Å². The number of benzene rings is 1. The molecule has 1 aliphatic heterocycles. The van der Waals surface area contributed by atoms with E-state index in [1.165, 1.54) is 4.31 Å². The van der Waals surface area contributed by atoms with Crippen molar-refractivity contribution in [3.05, 3.63) is 29.8 Å². The van der Waals surface area contributed by atoms with Gasteiger partial charge in [0, 0.05) is 25.9 Å². The van der Waals surface area contributed by atoms with Crippen LogP contribution in [0, 0.1) is 5.92 Å². The summed E-state index contributed by atoms with van der Waals surface area (Å²) in [5, 5.41) is 0. The van der Waals surface area contributed by atoms with Crippen LogP contribution in [0.2, 0.25) is 0 Å². The number of rotatable bonds is 4. The van der Waals surface area contributed by atoms with E-state index in [9.17, 15) is 8.42 Å². The van der Waals surface area contributed by atoms with Crippen LogP contribution in [0.5, 0.6) is 0 Å². The number of nitrogen functional groups attached to an aromatic ring is 1. The van der Waals surface area contributed by atoms with Crippen molar-refractivity contribution in [2.45, 2.75) is 25.2 Å². The van der Waals surface area contributed by atoms with Crippen molar-refractivity contribution in [3.8, 4) is 0 Å². The molecule has 5 nitrogen and oxygen atoms in total. The number of sulfonamides is 1. The maximum atomic E-state index is 12.4. The summed E-state index contributed by atoms with van der Waals surface area (Å²) in [7, 11) is -1.67. The number of nitrogens with zero attached hydrogens (tertiary/aromatic N) is 1. The molecule has 0 radical (unpaired) electrons. The monoisotopic (exact) mass is 298 g/mol. The van der Waals surface area contributed by atoms with Gasteiger partial charge in [0.2, 0.25) is 10.0 Å². The first kappa shape index (κ1) is 15.3. The lowest BCUT2D eigenvalue weighted by molar-refractivity contribution is 0.0183. The zero-order valence-corrected chi connectivity index (χ0v) is 12.8. The summed E-state index contributed by atoms with van der Waals surface area (Å²) in [5.74, 6) is 0.404. The largest absolute Gasteiger partial charge is 0.399 e. The molecule has 20 heavy (non-hydrogen) atoms. The molecule has 1 aromatic carbocycles. The van der Waals surface area contributed by atoms with E-state index >= 15 is 0 Å². The van der Waals surface area contributed by atoms with E-state index in [-0.39, 0.29) is 11.9 Å². The molecule has 0 aliphatic carbocycles. The molecule has 0 amide bonds. The van der Waals surface area contributed by atoms with Gasteiger partial charge in [-0.05, 0) is 30.0 Å². The predicted molar refractivity (Wildman–Crippen MR) is 79.6 cm³/mol. The van der Waals surface area contributed by atoms with Gasteiger partial charge < -0.3 is 10.5 Å². The van der Waals surface area contributed by atoms with Crippen LogP contribution in [0.3, 0.4) is 0 Å². The van der Waals surface area contributed by atoms with E-state index in [1.54, 1.807) is 31.4 Å². The van der Waals surface area contributed by atoms with Gasteiger partial charge in [0.1, 0.15) is 0 Å². The summed E-state index contributed by atoms with van der Waals surface area (Å²) < 4.78 is 31.8. The highest BCUT2D eigenvalue weighted by molar-refractivity contribution is 7.88. The molecule has 2 unspecified atom stereocenters. The van der Waals surface area contributed by atoms with E-state index in [1.807, 2.05) is 0 Å². The third-order valence-corrected chi connectivity index (χ3v) is 5.69. The summed E-state index contributed by atoms with van der Waals surface area (Å²) in [6.07, 6.45) is 0.810. The fraction of sp³-hybridized carbons (Fsp3) is 0.571. The smallest absolute Gasteiger partial charge is 0.218 e. The molecule has 0 aromatic heterocycles. The summed E-state index contributed by atoms with van der Waals surface area (Å²) in [4.78, 5) is 0. The van der Waals surface area contributed by atoms with E-state index in [0.29, 0.717) is 24.7 Å². The molecular formula is C14H22N2O3S. The van der Waals surface area contributed by atoms with Gasteiger partial charge in [0.25, 0.3) is 0 Å². The van der Waals surface area contributed by atoms with Crippen molar-refractivity contribution in [2.24, 2.45) is 5.92 Å². The van der Waals surface area contributed by atoms with Crippen molar-refractivity contribution in [2.75, 3.05) is 25.9 Å². The first-order valence-corrected chi connectivity index (χ1v) is 8.38. The lowest BCUT2D eigenvalue weighted by Gasteiger charge is -2.35. The maximum Gasteiger partial charge on any atom is 0.218 e. The van der Waals surface area contributed by atoms with Crippen molar-refractivity contribution in [3.63, 3.8) is 0 Å². The number of anilines is 1. The second kappa shape index (κ2) is 6.11. The fourth-order valence-corrected chi connectivity index (χ4v) is 4.03. The average molecular weight is 298 g/mol. The number of piperidine rings is 1. The normalized spacial score (nSPS) is 24.7. The van der Waals surface area contributed by atoms with Crippen molar-refractivity contribution in [1.82, 2.24) is 4.31 Å². The molecule has 2 rings (SSSR count). The third-order valence-electron chi connectivity index (χ3n) is 3.88. The van der Waals surface area contributed by atoms with E-state index in [4.69, 9.17) is 10.5 Å². The molecular weight excluding hydrogens is 276 g/mol. The lowest BCUT2D eigenvalue weighted by atomic mass is 9.97. The summed E-state index contributed by atoms with van der Waals surface area (Å²) in [6, 6.07) is 6.96. The highest BCUT2D eigenvalue weighted by atomic mass is 32.2. The van der Waals surface area contributed by atoms with Gasteiger partial charge in [-0.25, -0.2) is 8.42 Å². The van der Waals surface area contributed by atoms with Gasteiger partial charge in [0.15, 0.2) is 0 Å². The number of hydrogen-bond acceptors (Lipinski definition) is 4. The Morgan fingerprint density at radius 1 is 1.35 bits per heavy atom. The molecule has 112 valence electrons. The summed E-state index contributed by atoms with van der Waals surface area (Å²) in [5.41, 5.74) is 7.00. The Labute approximate surface area is 120 Å². The van der Waals surface area contributed by atoms with Crippen molar-refractivity contribution >= 4 is 15.7 Å². The highest BCUT2D eigenvalue weighted by Crippen LogP contribution is 2.23. The third kappa shape index (κ3) is 3.50. The van der Waals surface area contributed by atoms with E-state index in [2.05, 4.69) is 6.92 Å². The summed E-state index contributed by atoms with van der Waals surface area (Å²) in [6.45, 7) is 3.10. The van der Waals surface area contributed by atoms with Gasteiger partial charge in [-0.15, -0.1) is 0 Å². The average Bonchev–Trinajstić information content (AvgIpc) is 2.41. The zero-order valence-electron chi connectivity index (χ0n) is 12.0. The Bertz CT molecular complexity index is 542. The van der Waals surface area contributed by atoms with Gasteiger partial charge in [-0.3, -0.25) is 0 Å². The Balaban J connectivity index is 2.08. The van der Waals surface area contributed by atoms with E-state index < -0.39 is 10.0 Å². The van der Waals surface area contributed by atoms with Crippen LogP contribution < -0.4 is 5.73 Å². The Morgan fingerprint density at radius 3 is 2.60 bits per heavy atom. The first-order chi connectivity index (χ1) is 9.42. The van der Waals surface area contributed by atoms with Crippen LogP contribution in [0.25, 0.3) is 0 Å². The van der Waals surface area contributed by atoms with Crippen LogP contribution >= 0.6 is 0 Å². The van der Waals surface area contributed by atoms with E-state index in [0.717, 1.165) is 12.0 Å². The zero-order chi connectivity index (χ0) is 14.8. The number of hydrogen-bond donors (Lipinski definition) is 1. The number of methoxy groups -OCH3 is 1. The molecule has 1 aromatic rings. The lowest BCUT2D eigenvalue weighted by Crippen LogP contribution is -2.46. The maximum absolute atomic E-state index is 12.4. The van der Waals surface area contributed by atoms with Gasteiger partial charge in [0.05, 0.1) is 11.9 Å². The standard InChI is InChI=1S/C14H22N2O3S/c1-11-7-8-16(9-14(11)19-2)20(17,18)10-12-3-5-13(15)6-4-12/h3-6,11,14H,7-10,15H2,1-2H3. The topological polar surface area (TPSA) is 72.6 Å². The first-order valence-electron chi connectivity index (χ1n) is 6.77. The SMILES string of the molecule is COC1CN(S(=O)(=O)Cc2ccc(N)cc2)CCC1C. The Morgan fingerprint density at radius 2 is 2.00 bits per heavy atom. The van der Waals surface area contributed by atoms with Gasteiger partial charge in [-0.2, -0.15) is 4.31 Å². The molecule has 6 heteroatoms. The number of nitrogens with two attached hydrogens (primary N) is 1. The van der Waals surface area contributed by atoms with Crippen LogP contribution in [0.1, 0.15) is 18.9 Å². The van der Waals surface area contributed by atoms with Crippen LogP contribution in [-0.4, -0.2) is 39.0 Å². The second-order valence-electron chi connectivity index (χ2n) is 5.40. The quantitative estimate of drug-likeness (QED) is 0.854. The Kier molecular flexibility index (Phi) is 4.67. The molecule has 1 saturated heterocycles. The molecule has 2 atom stereocenters. The highest BCUT2D eigenvalue weighted by Gasteiger charge is 2.32. The molecule has 1 aliphatic rings. The van der Waals surface area contributed by atoms with Crippen LogP contribution in [-0.2, 0) is 20.5 Å². The molecule has 0 bridgehead atoms. The fourth-order valence-electron chi connectivity index (χ4n) is 2.48. The van der Waals surface area contributed by atoms with Gasteiger partial charge >= 0.3 is 0 Å². The molecule has 0 saturated carbocycles. The van der Waals surface area contributed by atoms with Crippen molar-refractivity contribution < 1.29 is 13.2 Å². The van der Waals surface area contributed by atoms with Crippen molar-refractivity contribution in [1.29, 1.82) is 0 Å². The van der Waals surface area contributed by atoms with Gasteiger partial charge in [-0.1, -0.05) is 19.1 Å². The molecule has 1 heterocycles. The Hall–Kier alpha value is -1.11. The molecule has 1 fully saturated rings. The summed E-state index contributed by atoms with van der Waals surface area (Å²) >= 11 is 0. The molecule has 2 N–H and O–H groups in total. The minimum atomic E-state index is -3.30. The second-order valence-corrected chi connectivity index (χ2v) is 7.36. The predicted octanol–water partition coefficient (Wildman–Crippen LogP) is 1.46.